The average molecular weight is 377 g/mol. The molecule has 1 heterocycles. The number of carbonyl (C=O) groups is 1. The molecule has 0 saturated carbocycles. The summed E-state index contributed by atoms with van der Waals surface area (Å²) in [4.78, 5) is 12.0. The SMILES string of the molecule is NNc1ccc(C(=O)Nc2ccc(Br)c(Cl)c2Cl)nn1. The van der Waals surface area contributed by atoms with Crippen molar-refractivity contribution in [2.45, 2.75) is 0 Å². The molecule has 0 aliphatic carbocycles. The summed E-state index contributed by atoms with van der Waals surface area (Å²) in [5.74, 6) is 5.06. The van der Waals surface area contributed by atoms with Gasteiger partial charge in [0.05, 0.1) is 15.7 Å². The first-order valence-corrected chi connectivity index (χ1v) is 6.83. The van der Waals surface area contributed by atoms with Crippen molar-refractivity contribution in [1.82, 2.24) is 10.2 Å². The molecule has 104 valence electrons. The van der Waals surface area contributed by atoms with Crippen LogP contribution in [-0.4, -0.2) is 16.1 Å². The van der Waals surface area contributed by atoms with Crippen molar-refractivity contribution in [2.24, 2.45) is 5.84 Å². The Morgan fingerprint density at radius 3 is 2.50 bits per heavy atom. The molecule has 0 aliphatic rings. The van der Waals surface area contributed by atoms with Crippen molar-refractivity contribution in [1.29, 1.82) is 0 Å². The third-order valence-electron chi connectivity index (χ3n) is 2.33. The van der Waals surface area contributed by atoms with Gasteiger partial charge in [-0.25, -0.2) is 5.84 Å². The molecule has 2 aromatic rings. The first-order chi connectivity index (χ1) is 9.52. The highest BCUT2D eigenvalue weighted by Gasteiger charge is 2.13. The number of nitrogens with zero attached hydrogens (tertiary/aromatic N) is 2. The van der Waals surface area contributed by atoms with E-state index in [9.17, 15) is 4.79 Å². The molecule has 9 heteroatoms. The van der Waals surface area contributed by atoms with E-state index in [0.29, 0.717) is 21.0 Å². The summed E-state index contributed by atoms with van der Waals surface area (Å²) in [5, 5.41) is 10.6. The monoisotopic (exact) mass is 375 g/mol. The largest absolute Gasteiger partial charge is 0.319 e. The lowest BCUT2D eigenvalue weighted by Crippen LogP contribution is -2.16. The van der Waals surface area contributed by atoms with Crippen molar-refractivity contribution in [2.75, 3.05) is 10.7 Å². The zero-order valence-corrected chi connectivity index (χ0v) is 12.9. The summed E-state index contributed by atoms with van der Waals surface area (Å²) in [7, 11) is 0. The molecule has 0 spiro atoms. The van der Waals surface area contributed by atoms with E-state index >= 15 is 0 Å². The van der Waals surface area contributed by atoms with Crippen molar-refractivity contribution >= 4 is 56.5 Å². The van der Waals surface area contributed by atoms with Gasteiger partial charge in [0, 0.05) is 4.47 Å². The Labute approximate surface area is 132 Å². The van der Waals surface area contributed by atoms with E-state index in [4.69, 9.17) is 29.0 Å². The second-order valence-electron chi connectivity index (χ2n) is 3.63. The second-order valence-corrected chi connectivity index (χ2v) is 5.24. The maximum absolute atomic E-state index is 12.0. The van der Waals surface area contributed by atoms with Gasteiger partial charge in [0.2, 0.25) is 0 Å². The number of nitrogens with two attached hydrogens (primary N) is 1. The topological polar surface area (TPSA) is 92.9 Å². The molecule has 0 radical (unpaired) electrons. The molecule has 0 fully saturated rings. The molecule has 0 unspecified atom stereocenters. The zero-order chi connectivity index (χ0) is 14.7. The van der Waals surface area contributed by atoms with Crippen LogP contribution in [0.3, 0.4) is 0 Å². The van der Waals surface area contributed by atoms with Crippen LogP contribution in [0.2, 0.25) is 10.0 Å². The Morgan fingerprint density at radius 1 is 1.15 bits per heavy atom. The third kappa shape index (κ3) is 3.18. The summed E-state index contributed by atoms with van der Waals surface area (Å²) in [6, 6.07) is 6.31. The first-order valence-electron chi connectivity index (χ1n) is 5.28. The van der Waals surface area contributed by atoms with Crippen molar-refractivity contribution < 1.29 is 4.79 Å². The van der Waals surface area contributed by atoms with Gasteiger partial charge in [-0.2, -0.15) is 0 Å². The van der Waals surface area contributed by atoms with E-state index in [0.717, 1.165) is 0 Å². The number of hydrazine groups is 1. The quantitative estimate of drug-likeness (QED) is 0.434. The number of aromatic nitrogens is 2. The Morgan fingerprint density at radius 2 is 1.90 bits per heavy atom. The van der Waals surface area contributed by atoms with Crippen molar-refractivity contribution in [3.63, 3.8) is 0 Å². The van der Waals surface area contributed by atoms with Crippen molar-refractivity contribution in [3.05, 3.63) is 44.5 Å². The number of anilines is 2. The van der Waals surface area contributed by atoms with E-state index in [1.807, 2.05) is 0 Å². The van der Waals surface area contributed by atoms with Crippen LogP contribution in [0.1, 0.15) is 10.5 Å². The van der Waals surface area contributed by atoms with Gasteiger partial charge >= 0.3 is 0 Å². The number of nitrogen functional groups attached to an aromatic ring is 1. The number of benzene rings is 1. The van der Waals surface area contributed by atoms with Gasteiger partial charge in [0.1, 0.15) is 0 Å². The van der Waals surface area contributed by atoms with Gasteiger partial charge in [-0.05, 0) is 40.2 Å². The molecule has 0 atom stereocenters. The predicted octanol–water partition coefficient (Wildman–Crippen LogP) is 3.08. The molecule has 20 heavy (non-hydrogen) atoms. The maximum Gasteiger partial charge on any atom is 0.276 e. The normalized spacial score (nSPS) is 10.2. The Bertz CT molecular complexity index is 650. The fourth-order valence-corrected chi connectivity index (χ4v) is 2.16. The second kappa shape index (κ2) is 6.36. The van der Waals surface area contributed by atoms with Gasteiger partial charge in [0.15, 0.2) is 11.5 Å². The van der Waals surface area contributed by atoms with Gasteiger partial charge in [-0.15, -0.1) is 10.2 Å². The number of halogens is 3. The first kappa shape index (κ1) is 15.0. The highest BCUT2D eigenvalue weighted by atomic mass is 79.9. The lowest BCUT2D eigenvalue weighted by atomic mass is 10.3. The maximum atomic E-state index is 12.0. The van der Waals surface area contributed by atoms with Gasteiger partial charge in [-0.3, -0.25) is 4.79 Å². The number of carbonyl (C=O) groups excluding carboxylic acids is 1. The molecule has 0 aliphatic heterocycles. The van der Waals surface area contributed by atoms with E-state index in [-0.39, 0.29) is 10.7 Å². The standard InChI is InChI=1S/C11H8BrCl2N5O/c12-5-1-2-6(10(14)9(5)13)16-11(20)7-3-4-8(17-15)19-18-7/h1-4H,15H2,(H,16,20)(H,17,19). The molecule has 2 rings (SSSR count). The van der Waals surface area contributed by atoms with E-state index in [1.165, 1.54) is 12.1 Å². The number of hydrogen-bond donors (Lipinski definition) is 3. The Kier molecular flexibility index (Phi) is 4.77. The minimum atomic E-state index is -0.457. The molecular formula is C11H8BrCl2N5O. The summed E-state index contributed by atoms with van der Waals surface area (Å²) in [5.41, 5.74) is 2.82. The number of amides is 1. The minimum Gasteiger partial charge on any atom is -0.319 e. The molecule has 1 aromatic carbocycles. The number of nitrogens with one attached hydrogen (secondary N) is 2. The van der Waals surface area contributed by atoms with Crippen LogP contribution in [0.25, 0.3) is 0 Å². The van der Waals surface area contributed by atoms with E-state index in [1.54, 1.807) is 12.1 Å². The van der Waals surface area contributed by atoms with Crippen LogP contribution >= 0.6 is 39.1 Å². The minimum absolute atomic E-state index is 0.124. The van der Waals surface area contributed by atoms with Crippen LogP contribution in [0, 0.1) is 0 Å². The average Bonchev–Trinajstić information content (AvgIpc) is 2.48. The third-order valence-corrected chi connectivity index (χ3v) is 4.10. The van der Waals surface area contributed by atoms with Crippen LogP contribution in [0.15, 0.2) is 28.7 Å². The van der Waals surface area contributed by atoms with Gasteiger partial charge < -0.3 is 10.7 Å². The zero-order valence-electron chi connectivity index (χ0n) is 9.82. The molecule has 4 N–H and O–H groups in total. The highest BCUT2D eigenvalue weighted by Crippen LogP contribution is 2.35. The number of hydrogen-bond acceptors (Lipinski definition) is 5. The van der Waals surface area contributed by atoms with Crippen molar-refractivity contribution in [3.8, 4) is 0 Å². The lowest BCUT2D eigenvalue weighted by Gasteiger charge is -2.09. The molecule has 6 nitrogen and oxygen atoms in total. The summed E-state index contributed by atoms with van der Waals surface area (Å²) >= 11 is 15.2. The molecule has 0 bridgehead atoms. The lowest BCUT2D eigenvalue weighted by molar-refractivity contribution is 0.102. The van der Waals surface area contributed by atoms with Gasteiger partial charge in [0.25, 0.3) is 5.91 Å². The molecular weight excluding hydrogens is 369 g/mol. The molecule has 1 aromatic heterocycles. The van der Waals surface area contributed by atoms with Gasteiger partial charge in [-0.1, -0.05) is 23.2 Å². The molecule has 0 saturated heterocycles. The van der Waals surface area contributed by atoms with Crippen LogP contribution in [0.4, 0.5) is 11.5 Å². The van der Waals surface area contributed by atoms with E-state index in [2.05, 4.69) is 36.9 Å². The fourth-order valence-electron chi connectivity index (χ4n) is 1.34. The van der Waals surface area contributed by atoms with Crippen LogP contribution in [0.5, 0.6) is 0 Å². The fraction of sp³-hybridized carbons (Fsp3) is 0. The molecule has 1 amide bonds. The predicted molar refractivity (Wildman–Crippen MR) is 82.0 cm³/mol. The summed E-state index contributed by atoms with van der Waals surface area (Å²) in [6.07, 6.45) is 0. The number of rotatable bonds is 3. The smallest absolute Gasteiger partial charge is 0.276 e. The highest BCUT2D eigenvalue weighted by molar-refractivity contribution is 9.10. The Balaban J connectivity index is 2.21. The summed E-state index contributed by atoms with van der Waals surface area (Å²) < 4.78 is 0.639. The summed E-state index contributed by atoms with van der Waals surface area (Å²) in [6.45, 7) is 0. The van der Waals surface area contributed by atoms with Crippen LogP contribution in [-0.2, 0) is 0 Å². The Hall–Kier alpha value is -1.41. The van der Waals surface area contributed by atoms with E-state index < -0.39 is 5.91 Å². The van der Waals surface area contributed by atoms with Crippen LogP contribution < -0.4 is 16.6 Å².